The van der Waals surface area contributed by atoms with Crippen LogP contribution in [-0.2, 0) is 0 Å². The van der Waals surface area contributed by atoms with E-state index >= 15 is 0 Å². The number of nitrogens with zero attached hydrogens (tertiary/aromatic N) is 3. The quantitative estimate of drug-likeness (QED) is 0.384. The summed E-state index contributed by atoms with van der Waals surface area (Å²) in [4.78, 5) is 19.7. The van der Waals surface area contributed by atoms with E-state index in [1.54, 1.807) is 16.3 Å². The van der Waals surface area contributed by atoms with Crippen molar-refractivity contribution >= 4 is 23.5 Å². The lowest BCUT2D eigenvalue weighted by Crippen LogP contribution is -2.25. The van der Waals surface area contributed by atoms with Gasteiger partial charge >= 0.3 is 0 Å². The molecule has 0 bridgehead atoms. The summed E-state index contributed by atoms with van der Waals surface area (Å²) < 4.78 is 1.56. The highest BCUT2D eigenvalue weighted by Gasteiger charge is 2.24. The molecule has 1 aliphatic heterocycles. The molecule has 3 aromatic rings. The Balaban J connectivity index is 2.22. The van der Waals surface area contributed by atoms with Gasteiger partial charge in [0.1, 0.15) is 22.5 Å². The zero-order valence-corrected chi connectivity index (χ0v) is 14.3. The molecule has 0 saturated carbocycles. The van der Waals surface area contributed by atoms with Crippen LogP contribution in [0.4, 0.5) is 0 Å². The van der Waals surface area contributed by atoms with Crippen LogP contribution in [0.5, 0.6) is 0 Å². The Morgan fingerprint density at radius 2 is 1.83 bits per heavy atom. The molecule has 0 aliphatic carbocycles. The van der Waals surface area contributed by atoms with Crippen molar-refractivity contribution < 1.29 is 0 Å². The predicted octanol–water partition coefficient (Wildman–Crippen LogP) is 3.96. The number of benzene rings is 2. The van der Waals surface area contributed by atoms with Crippen LogP contribution >= 0.6 is 23.5 Å². The predicted molar refractivity (Wildman–Crippen MR) is 95.9 cm³/mol. The highest BCUT2D eigenvalue weighted by atomic mass is 32.2. The van der Waals surface area contributed by atoms with Gasteiger partial charge in [-0.05, 0) is 24.5 Å². The molecule has 0 fully saturated rings. The van der Waals surface area contributed by atoms with Gasteiger partial charge in [0, 0.05) is 15.4 Å². The highest BCUT2D eigenvalue weighted by Crippen LogP contribution is 2.42. The summed E-state index contributed by atoms with van der Waals surface area (Å²) in [5.41, 5.74) is 1.42. The Kier molecular flexibility index (Phi) is 3.68. The molecule has 4 rings (SSSR count). The lowest BCUT2D eigenvalue weighted by molar-refractivity contribution is 0.880. The standard InChI is InChI=1S/C18H11N3OS2/c1-23-17-12(10-19)18(22)21-13-7-3-5-9-15(13)24-14-8-4-2-6-11(14)16(21)20-17/h2-9H,1H3. The summed E-state index contributed by atoms with van der Waals surface area (Å²) in [5, 5.41) is 9.89. The van der Waals surface area contributed by atoms with E-state index in [0.717, 1.165) is 21.0 Å². The van der Waals surface area contributed by atoms with Crippen LogP contribution in [0.3, 0.4) is 0 Å². The van der Waals surface area contributed by atoms with Crippen molar-refractivity contribution in [3.8, 4) is 23.1 Å². The topological polar surface area (TPSA) is 58.7 Å². The van der Waals surface area contributed by atoms with Crippen molar-refractivity contribution in [2.75, 3.05) is 6.26 Å². The lowest BCUT2D eigenvalue weighted by Gasteiger charge is -2.13. The zero-order chi connectivity index (χ0) is 16.7. The molecule has 0 radical (unpaired) electrons. The number of para-hydroxylation sites is 1. The first-order chi connectivity index (χ1) is 11.7. The molecule has 6 heteroatoms. The summed E-state index contributed by atoms with van der Waals surface area (Å²) in [6.45, 7) is 0. The summed E-state index contributed by atoms with van der Waals surface area (Å²) in [5.74, 6) is 0.580. The maximum Gasteiger partial charge on any atom is 0.277 e. The Morgan fingerprint density at radius 1 is 1.12 bits per heavy atom. The van der Waals surface area contributed by atoms with E-state index in [9.17, 15) is 10.1 Å². The van der Waals surface area contributed by atoms with Crippen LogP contribution < -0.4 is 5.56 Å². The van der Waals surface area contributed by atoms with Gasteiger partial charge in [-0.25, -0.2) is 4.98 Å². The molecule has 1 aromatic heterocycles. The average Bonchev–Trinajstić information content (AvgIpc) is 2.76. The second-order valence-electron chi connectivity index (χ2n) is 5.14. The van der Waals surface area contributed by atoms with Crippen molar-refractivity contribution in [3.63, 3.8) is 0 Å². The number of thioether (sulfide) groups is 1. The molecule has 4 nitrogen and oxygen atoms in total. The van der Waals surface area contributed by atoms with E-state index in [1.807, 2.05) is 60.9 Å². The minimum atomic E-state index is -0.323. The fraction of sp³-hybridized carbons (Fsp3) is 0.0556. The van der Waals surface area contributed by atoms with E-state index in [1.165, 1.54) is 11.8 Å². The molecular formula is C18H11N3OS2. The molecule has 0 amide bonds. The van der Waals surface area contributed by atoms with Gasteiger partial charge in [-0.2, -0.15) is 5.26 Å². The van der Waals surface area contributed by atoms with Gasteiger partial charge < -0.3 is 0 Å². The van der Waals surface area contributed by atoms with Crippen molar-refractivity contribution in [2.24, 2.45) is 0 Å². The van der Waals surface area contributed by atoms with E-state index in [4.69, 9.17) is 0 Å². The van der Waals surface area contributed by atoms with Gasteiger partial charge in [0.15, 0.2) is 0 Å². The molecule has 116 valence electrons. The van der Waals surface area contributed by atoms with Crippen molar-refractivity contribution in [2.45, 2.75) is 14.8 Å². The largest absolute Gasteiger partial charge is 0.277 e. The Bertz CT molecular complexity index is 1070. The Morgan fingerprint density at radius 3 is 2.58 bits per heavy atom. The molecule has 0 saturated heterocycles. The monoisotopic (exact) mass is 349 g/mol. The number of nitriles is 1. The molecule has 2 aromatic carbocycles. The minimum absolute atomic E-state index is 0.0884. The van der Waals surface area contributed by atoms with Crippen molar-refractivity contribution in [1.29, 1.82) is 5.26 Å². The molecule has 0 N–H and O–H groups in total. The number of hydrogen-bond acceptors (Lipinski definition) is 5. The van der Waals surface area contributed by atoms with Gasteiger partial charge in [-0.15, -0.1) is 11.8 Å². The maximum absolute atomic E-state index is 13.0. The van der Waals surface area contributed by atoms with Gasteiger partial charge in [-0.3, -0.25) is 9.36 Å². The van der Waals surface area contributed by atoms with Gasteiger partial charge in [0.05, 0.1) is 5.69 Å². The first kappa shape index (κ1) is 15.1. The highest BCUT2D eigenvalue weighted by molar-refractivity contribution is 7.99. The molecule has 0 spiro atoms. The summed E-state index contributed by atoms with van der Waals surface area (Å²) in [6, 6.07) is 17.6. The summed E-state index contributed by atoms with van der Waals surface area (Å²) >= 11 is 2.92. The Labute approximate surface area is 147 Å². The molecular weight excluding hydrogens is 338 g/mol. The van der Waals surface area contributed by atoms with E-state index in [0.29, 0.717) is 10.9 Å². The number of fused-ring (bicyclic) bond motifs is 5. The smallest absolute Gasteiger partial charge is 0.267 e. The van der Waals surface area contributed by atoms with Gasteiger partial charge in [0.25, 0.3) is 5.56 Å². The van der Waals surface area contributed by atoms with Crippen LogP contribution in [0.25, 0.3) is 17.1 Å². The fourth-order valence-electron chi connectivity index (χ4n) is 2.74. The van der Waals surface area contributed by atoms with Crippen LogP contribution in [0.1, 0.15) is 5.56 Å². The zero-order valence-electron chi connectivity index (χ0n) is 12.7. The number of hydrogen-bond donors (Lipinski definition) is 0. The lowest BCUT2D eigenvalue weighted by atomic mass is 10.2. The van der Waals surface area contributed by atoms with Crippen LogP contribution in [-0.4, -0.2) is 15.8 Å². The normalized spacial score (nSPS) is 11.7. The summed E-state index contributed by atoms with van der Waals surface area (Å²) in [6.07, 6.45) is 1.82. The molecule has 0 atom stereocenters. The van der Waals surface area contributed by atoms with Crippen LogP contribution in [0.2, 0.25) is 0 Å². The number of aromatic nitrogens is 2. The molecule has 0 unspecified atom stereocenters. The fourth-order valence-corrected chi connectivity index (χ4v) is 4.31. The first-order valence-electron chi connectivity index (χ1n) is 7.22. The second kappa shape index (κ2) is 5.86. The molecule has 24 heavy (non-hydrogen) atoms. The second-order valence-corrected chi connectivity index (χ2v) is 7.02. The molecule has 1 aliphatic rings. The number of rotatable bonds is 1. The Hall–Kier alpha value is -2.49. The third-order valence-electron chi connectivity index (χ3n) is 3.81. The first-order valence-corrected chi connectivity index (χ1v) is 9.26. The van der Waals surface area contributed by atoms with Crippen LogP contribution in [0.15, 0.2) is 68.1 Å². The third-order valence-corrected chi connectivity index (χ3v) is 5.63. The molecule has 2 heterocycles. The summed E-state index contributed by atoms with van der Waals surface area (Å²) in [7, 11) is 0. The SMILES string of the molecule is CSc1nc2n(c(=O)c1C#N)-c1ccccc1Sc1ccccc1-2. The van der Waals surface area contributed by atoms with E-state index in [2.05, 4.69) is 4.98 Å². The van der Waals surface area contributed by atoms with Crippen molar-refractivity contribution in [3.05, 3.63) is 64.4 Å². The average molecular weight is 349 g/mol. The van der Waals surface area contributed by atoms with E-state index in [-0.39, 0.29) is 11.1 Å². The van der Waals surface area contributed by atoms with Crippen LogP contribution in [0, 0.1) is 11.3 Å². The van der Waals surface area contributed by atoms with Crippen molar-refractivity contribution in [1.82, 2.24) is 9.55 Å². The third kappa shape index (κ3) is 2.17. The van der Waals surface area contributed by atoms with E-state index < -0.39 is 0 Å². The van der Waals surface area contributed by atoms with Gasteiger partial charge in [-0.1, -0.05) is 42.1 Å². The maximum atomic E-state index is 13.0. The minimum Gasteiger partial charge on any atom is -0.267 e. The van der Waals surface area contributed by atoms with Gasteiger partial charge in [0.2, 0.25) is 0 Å².